The first-order valence-electron chi connectivity index (χ1n) is 5.83. The number of aryl methyl sites for hydroxylation is 1. The number of nitrogens with one attached hydrogen (secondary N) is 2. The molecule has 1 atom stereocenters. The zero-order valence-electron chi connectivity index (χ0n) is 9.58. The molecule has 2 heterocycles. The predicted octanol–water partition coefficient (Wildman–Crippen LogP) is 1.46. The van der Waals surface area contributed by atoms with Crippen molar-refractivity contribution in [3.05, 3.63) is 23.7 Å². The summed E-state index contributed by atoms with van der Waals surface area (Å²) in [5, 5.41) is 6.28. The summed E-state index contributed by atoms with van der Waals surface area (Å²) in [7, 11) is 0. The van der Waals surface area contributed by atoms with E-state index in [-0.39, 0.29) is 5.91 Å². The molecule has 0 aliphatic carbocycles. The third kappa shape index (κ3) is 2.64. The molecular formula is C12H18N2O2. The van der Waals surface area contributed by atoms with Crippen LogP contribution in [0.2, 0.25) is 0 Å². The van der Waals surface area contributed by atoms with Gasteiger partial charge >= 0.3 is 0 Å². The molecule has 1 aromatic rings. The molecule has 0 bridgehead atoms. The van der Waals surface area contributed by atoms with Crippen LogP contribution in [0.3, 0.4) is 0 Å². The van der Waals surface area contributed by atoms with Crippen LogP contribution in [0.1, 0.15) is 35.4 Å². The van der Waals surface area contributed by atoms with Crippen molar-refractivity contribution in [3.63, 3.8) is 0 Å². The quantitative estimate of drug-likeness (QED) is 0.811. The summed E-state index contributed by atoms with van der Waals surface area (Å²) >= 11 is 0. The van der Waals surface area contributed by atoms with Gasteiger partial charge in [-0.3, -0.25) is 4.79 Å². The van der Waals surface area contributed by atoms with E-state index in [9.17, 15) is 4.79 Å². The lowest BCUT2D eigenvalue weighted by molar-refractivity contribution is 0.0924. The summed E-state index contributed by atoms with van der Waals surface area (Å²) in [5.41, 5.74) is 0.886. The maximum Gasteiger partial charge on any atom is 0.287 e. The van der Waals surface area contributed by atoms with Gasteiger partial charge in [0.15, 0.2) is 5.76 Å². The Morgan fingerprint density at radius 3 is 3.19 bits per heavy atom. The smallest absolute Gasteiger partial charge is 0.287 e. The van der Waals surface area contributed by atoms with Crippen LogP contribution in [-0.2, 0) is 0 Å². The second-order valence-electron chi connectivity index (χ2n) is 4.27. The maximum atomic E-state index is 11.7. The van der Waals surface area contributed by atoms with Crippen LogP contribution in [0.25, 0.3) is 0 Å². The van der Waals surface area contributed by atoms with Gasteiger partial charge in [0.05, 0.1) is 6.26 Å². The SMILES string of the molecule is Cc1ccoc1C(=O)NCC[C@@H]1CCCN1. The van der Waals surface area contributed by atoms with E-state index in [1.54, 1.807) is 12.3 Å². The minimum absolute atomic E-state index is 0.111. The maximum absolute atomic E-state index is 11.7. The normalized spacial score (nSPS) is 19.9. The van der Waals surface area contributed by atoms with E-state index >= 15 is 0 Å². The van der Waals surface area contributed by atoms with Crippen LogP contribution in [0.5, 0.6) is 0 Å². The minimum Gasteiger partial charge on any atom is -0.459 e. The number of amides is 1. The van der Waals surface area contributed by atoms with Crippen molar-refractivity contribution in [1.82, 2.24) is 10.6 Å². The fraction of sp³-hybridized carbons (Fsp3) is 0.583. The molecule has 0 saturated carbocycles. The third-order valence-corrected chi connectivity index (χ3v) is 3.01. The molecular weight excluding hydrogens is 204 g/mol. The van der Waals surface area contributed by atoms with Crippen LogP contribution in [0.15, 0.2) is 16.7 Å². The Morgan fingerprint density at radius 2 is 2.56 bits per heavy atom. The standard InChI is InChI=1S/C12H18N2O2/c1-9-5-8-16-11(9)12(15)14-7-4-10-3-2-6-13-10/h5,8,10,13H,2-4,6-7H2,1H3,(H,14,15)/t10-/m0/s1. The van der Waals surface area contributed by atoms with Crippen LogP contribution in [0, 0.1) is 6.92 Å². The largest absolute Gasteiger partial charge is 0.459 e. The number of carbonyl (C=O) groups is 1. The van der Waals surface area contributed by atoms with Gasteiger partial charge in [-0.1, -0.05) is 0 Å². The van der Waals surface area contributed by atoms with Crippen LogP contribution in [0.4, 0.5) is 0 Å². The summed E-state index contributed by atoms with van der Waals surface area (Å²) < 4.78 is 5.12. The van der Waals surface area contributed by atoms with E-state index in [4.69, 9.17) is 4.42 Å². The van der Waals surface area contributed by atoms with Crippen molar-refractivity contribution >= 4 is 5.91 Å². The van der Waals surface area contributed by atoms with E-state index in [1.807, 2.05) is 6.92 Å². The van der Waals surface area contributed by atoms with Crippen LogP contribution >= 0.6 is 0 Å². The molecule has 0 unspecified atom stereocenters. The molecule has 88 valence electrons. The van der Waals surface area contributed by atoms with Gasteiger partial charge in [-0.05, 0) is 38.8 Å². The van der Waals surface area contributed by atoms with E-state index in [2.05, 4.69) is 10.6 Å². The number of hydrogen-bond donors (Lipinski definition) is 2. The van der Waals surface area contributed by atoms with E-state index in [0.717, 1.165) is 18.5 Å². The van der Waals surface area contributed by atoms with Crippen molar-refractivity contribution in [1.29, 1.82) is 0 Å². The molecule has 2 N–H and O–H groups in total. The molecule has 1 amide bonds. The first-order valence-corrected chi connectivity index (χ1v) is 5.83. The van der Waals surface area contributed by atoms with E-state index in [0.29, 0.717) is 18.3 Å². The molecule has 1 aromatic heterocycles. The van der Waals surface area contributed by atoms with E-state index < -0.39 is 0 Å². The lowest BCUT2D eigenvalue weighted by Gasteiger charge is -2.10. The highest BCUT2D eigenvalue weighted by Crippen LogP contribution is 2.09. The van der Waals surface area contributed by atoms with Gasteiger partial charge in [-0.25, -0.2) is 0 Å². The second kappa shape index (κ2) is 5.16. The lowest BCUT2D eigenvalue weighted by Crippen LogP contribution is -2.30. The van der Waals surface area contributed by atoms with Crippen molar-refractivity contribution in [2.24, 2.45) is 0 Å². The molecule has 0 aromatic carbocycles. The molecule has 16 heavy (non-hydrogen) atoms. The number of furan rings is 1. The average molecular weight is 222 g/mol. The third-order valence-electron chi connectivity index (χ3n) is 3.01. The zero-order valence-corrected chi connectivity index (χ0v) is 9.58. The highest BCUT2D eigenvalue weighted by molar-refractivity contribution is 5.92. The highest BCUT2D eigenvalue weighted by atomic mass is 16.3. The Balaban J connectivity index is 1.73. The summed E-state index contributed by atoms with van der Waals surface area (Å²) in [5.74, 6) is 0.319. The predicted molar refractivity (Wildman–Crippen MR) is 61.4 cm³/mol. The van der Waals surface area contributed by atoms with Gasteiger partial charge in [-0.15, -0.1) is 0 Å². The van der Waals surface area contributed by atoms with E-state index in [1.165, 1.54) is 12.8 Å². The van der Waals surface area contributed by atoms with Gasteiger partial charge < -0.3 is 15.1 Å². The van der Waals surface area contributed by atoms with Crippen LogP contribution < -0.4 is 10.6 Å². The molecule has 4 heteroatoms. The molecule has 2 rings (SSSR count). The summed E-state index contributed by atoms with van der Waals surface area (Å²) in [6.07, 6.45) is 5.00. The first kappa shape index (κ1) is 11.2. The topological polar surface area (TPSA) is 54.3 Å². The van der Waals surface area contributed by atoms with Gasteiger partial charge in [0.2, 0.25) is 0 Å². The van der Waals surface area contributed by atoms with Gasteiger partial charge in [0, 0.05) is 18.2 Å². The fourth-order valence-corrected chi connectivity index (χ4v) is 2.05. The molecule has 0 radical (unpaired) electrons. The number of hydrogen-bond acceptors (Lipinski definition) is 3. The zero-order chi connectivity index (χ0) is 11.4. The van der Waals surface area contributed by atoms with Crippen molar-refractivity contribution in [2.75, 3.05) is 13.1 Å². The minimum atomic E-state index is -0.111. The molecule has 0 spiro atoms. The number of carbonyl (C=O) groups excluding carboxylic acids is 1. The van der Waals surface area contributed by atoms with Crippen molar-refractivity contribution < 1.29 is 9.21 Å². The first-order chi connectivity index (χ1) is 7.77. The lowest BCUT2D eigenvalue weighted by atomic mass is 10.1. The Labute approximate surface area is 95.4 Å². The van der Waals surface area contributed by atoms with Crippen molar-refractivity contribution in [3.8, 4) is 0 Å². The fourth-order valence-electron chi connectivity index (χ4n) is 2.05. The monoisotopic (exact) mass is 222 g/mol. The molecule has 1 fully saturated rings. The average Bonchev–Trinajstić information content (AvgIpc) is 2.88. The molecule has 1 saturated heterocycles. The molecule has 4 nitrogen and oxygen atoms in total. The van der Waals surface area contributed by atoms with Crippen LogP contribution in [-0.4, -0.2) is 25.0 Å². The Bertz CT molecular complexity index is 354. The van der Waals surface area contributed by atoms with Gasteiger partial charge in [0.1, 0.15) is 0 Å². The summed E-state index contributed by atoms with van der Waals surface area (Å²) in [4.78, 5) is 11.7. The Hall–Kier alpha value is -1.29. The highest BCUT2D eigenvalue weighted by Gasteiger charge is 2.15. The summed E-state index contributed by atoms with van der Waals surface area (Å²) in [6.45, 7) is 3.68. The van der Waals surface area contributed by atoms with Gasteiger partial charge in [0.25, 0.3) is 5.91 Å². The Kier molecular flexibility index (Phi) is 3.62. The van der Waals surface area contributed by atoms with Crippen molar-refractivity contribution in [2.45, 2.75) is 32.2 Å². The second-order valence-corrected chi connectivity index (χ2v) is 4.27. The summed E-state index contributed by atoms with van der Waals surface area (Å²) in [6, 6.07) is 2.37. The Morgan fingerprint density at radius 1 is 1.69 bits per heavy atom. The molecule has 1 aliphatic heterocycles. The van der Waals surface area contributed by atoms with Gasteiger partial charge in [-0.2, -0.15) is 0 Å². The molecule has 1 aliphatic rings. The number of rotatable bonds is 4.